The summed E-state index contributed by atoms with van der Waals surface area (Å²) in [5.41, 5.74) is 6.19. The molecule has 5 nitrogen and oxygen atoms in total. The van der Waals surface area contributed by atoms with Crippen molar-refractivity contribution in [2.75, 3.05) is 39.5 Å². The Bertz CT molecular complexity index is 591. The molecule has 0 aromatic heterocycles. The van der Waals surface area contributed by atoms with Crippen LogP contribution in [0.1, 0.15) is 6.42 Å². The second-order valence-electron chi connectivity index (χ2n) is 5.39. The van der Waals surface area contributed by atoms with Crippen molar-refractivity contribution >= 4 is 31.6 Å². The predicted molar refractivity (Wildman–Crippen MR) is 84.0 cm³/mol. The summed E-state index contributed by atoms with van der Waals surface area (Å²) in [4.78, 5) is 2.49. The number of rotatable bonds is 4. The van der Waals surface area contributed by atoms with Crippen molar-refractivity contribution in [2.45, 2.75) is 11.3 Å². The smallest absolute Gasteiger partial charge is 0.243 e. The number of nitrogens with two attached hydrogens (primary N) is 1. The first-order valence-electron chi connectivity index (χ1n) is 6.50. The van der Waals surface area contributed by atoms with Gasteiger partial charge < -0.3 is 10.6 Å². The summed E-state index contributed by atoms with van der Waals surface area (Å²) in [6, 6.07) is 4.77. The van der Waals surface area contributed by atoms with Gasteiger partial charge in [0.1, 0.15) is 0 Å². The van der Waals surface area contributed by atoms with Crippen LogP contribution in [0, 0.1) is 5.92 Å². The van der Waals surface area contributed by atoms with Gasteiger partial charge in [-0.1, -0.05) is 0 Å². The quantitative estimate of drug-likeness (QED) is 0.827. The van der Waals surface area contributed by atoms with Crippen molar-refractivity contribution < 1.29 is 8.42 Å². The Labute approximate surface area is 128 Å². The highest BCUT2D eigenvalue weighted by atomic mass is 79.9. The number of hydrogen-bond acceptors (Lipinski definition) is 4. The van der Waals surface area contributed by atoms with Crippen molar-refractivity contribution in [1.29, 1.82) is 0 Å². The summed E-state index contributed by atoms with van der Waals surface area (Å²) in [5.74, 6) is 0.396. The summed E-state index contributed by atoms with van der Waals surface area (Å²) < 4.78 is 27.1. The summed E-state index contributed by atoms with van der Waals surface area (Å²) in [6.07, 6.45) is 1.04. The predicted octanol–water partition coefficient (Wildman–Crippen LogP) is 1.60. The molecule has 0 aliphatic carbocycles. The fraction of sp³-hybridized carbons (Fsp3) is 0.538. The maximum absolute atomic E-state index is 12.6. The third kappa shape index (κ3) is 3.33. The number of halogens is 1. The van der Waals surface area contributed by atoms with Crippen LogP contribution in [-0.4, -0.2) is 51.4 Å². The lowest BCUT2D eigenvalue weighted by Gasteiger charge is -2.21. The highest BCUT2D eigenvalue weighted by Crippen LogP contribution is 2.27. The molecule has 112 valence electrons. The normalized spacial score (nSPS) is 20.7. The molecule has 0 bridgehead atoms. The number of anilines is 1. The number of sulfonamides is 1. The molecule has 0 saturated carbocycles. The average molecular weight is 362 g/mol. The van der Waals surface area contributed by atoms with Crippen molar-refractivity contribution in [3.05, 3.63) is 22.7 Å². The minimum absolute atomic E-state index is 0.264. The Morgan fingerprint density at radius 1 is 1.50 bits per heavy atom. The first-order valence-corrected chi connectivity index (χ1v) is 8.74. The number of nitrogens with zero attached hydrogens (tertiary/aromatic N) is 2. The number of nitrogen functional groups attached to an aromatic ring is 1. The first kappa shape index (κ1) is 15.8. The van der Waals surface area contributed by atoms with Crippen LogP contribution in [0.4, 0.5) is 5.69 Å². The number of hydrogen-bond donors (Lipinski definition) is 1. The molecule has 0 radical (unpaired) electrons. The maximum Gasteiger partial charge on any atom is 0.243 e. The summed E-state index contributed by atoms with van der Waals surface area (Å²) in [5, 5.41) is 0. The van der Waals surface area contributed by atoms with Crippen molar-refractivity contribution in [2.24, 2.45) is 5.92 Å². The number of benzene rings is 1. The molecule has 1 fully saturated rings. The topological polar surface area (TPSA) is 66.6 Å². The van der Waals surface area contributed by atoms with Gasteiger partial charge in [0.25, 0.3) is 0 Å². The first-order chi connectivity index (χ1) is 9.30. The lowest BCUT2D eigenvalue weighted by molar-refractivity contribution is 0.356. The van der Waals surface area contributed by atoms with Crippen LogP contribution in [0.25, 0.3) is 0 Å². The van der Waals surface area contributed by atoms with E-state index in [1.54, 1.807) is 25.2 Å². The van der Waals surface area contributed by atoms with Gasteiger partial charge in [0.05, 0.1) is 4.90 Å². The van der Waals surface area contributed by atoms with Gasteiger partial charge >= 0.3 is 0 Å². The highest BCUT2D eigenvalue weighted by Gasteiger charge is 2.28. The molecular formula is C13H20BrN3O2S. The van der Waals surface area contributed by atoms with Crippen LogP contribution in [0.5, 0.6) is 0 Å². The van der Waals surface area contributed by atoms with E-state index in [4.69, 9.17) is 5.73 Å². The van der Waals surface area contributed by atoms with Crippen LogP contribution in [0.15, 0.2) is 27.6 Å². The summed E-state index contributed by atoms with van der Waals surface area (Å²) in [6.45, 7) is 2.52. The van der Waals surface area contributed by atoms with E-state index in [1.165, 1.54) is 4.31 Å². The number of likely N-dealkylation sites (tertiary alicyclic amines) is 1. The molecule has 2 rings (SSSR count). The van der Waals surface area contributed by atoms with E-state index in [1.807, 2.05) is 0 Å². The van der Waals surface area contributed by atoms with Gasteiger partial charge in [0.2, 0.25) is 10.0 Å². The second kappa shape index (κ2) is 6.01. The Morgan fingerprint density at radius 3 is 2.75 bits per heavy atom. The largest absolute Gasteiger partial charge is 0.399 e. The minimum Gasteiger partial charge on any atom is -0.399 e. The fourth-order valence-corrected chi connectivity index (χ4v) is 4.83. The molecule has 7 heteroatoms. The molecule has 1 aromatic carbocycles. The van der Waals surface area contributed by atoms with Crippen LogP contribution < -0.4 is 5.73 Å². The lowest BCUT2D eigenvalue weighted by atomic mass is 10.1. The molecule has 0 amide bonds. The van der Waals surface area contributed by atoms with Gasteiger partial charge in [0.15, 0.2) is 0 Å². The Morgan fingerprint density at radius 2 is 2.20 bits per heavy atom. The zero-order valence-corrected chi connectivity index (χ0v) is 14.1. The fourth-order valence-electron chi connectivity index (χ4n) is 2.53. The van der Waals surface area contributed by atoms with Crippen molar-refractivity contribution in [3.63, 3.8) is 0 Å². The molecule has 1 saturated heterocycles. The van der Waals surface area contributed by atoms with Gasteiger partial charge in [-0.25, -0.2) is 12.7 Å². The van der Waals surface area contributed by atoms with Crippen LogP contribution in [0.2, 0.25) is 0 Å². The van der Waals surface area contributed by atoms with Crippen LogP contribution >= 0.6 is 15.9 Å². The van der Waals surface area contributed by atoms with E-state index >= 15 is 0 Å². The van der Waals surface area contributed by atoms with Crippen molar-refractivity contribution in [3.8, 4) is 0 Å². The zero-order valence-electron chi connectivity index (χ0n) is 11.7. The van der Waals surface area contributed by atoms with E-state index in [9.17, 15) is 8.42 Å². The Balaban J connectivity index is 2.17. The third-order valence-corrected chi connectivity index (χ3v) is 6.45. The molecule has 1 aromatic rings. The Hall–Kier alpha value is -0.630. The van der Waals surface area contributed by atoms with Gasteiger partial charge in [-0.15, -0.1) is 0 Å². The second-order valence-corrected chi connectivity index (χ2v) is 8.26. The van der Waals surface area contributed by atoms with Gasteiger partial charge in [-0.05, 0) is 60.1 Å². The standard InChI is InChI=1S/C13H20BrN3O2S/c1-16-6-5-10(8-16)9-17(2)20(18,19)13-4-3-11(15)7-12(13)14/h3-4,7,10H,5-6,8-9,15H2,1-2H3. The van der Waals surface area contributed by atoms with E-state index in [0.717, 1.165) is 19.5 Å². The summed E-state index contributed by atoms with van der Waals surface area (Å²) in [7, 11) is 0.217. The van der Waals surface area contributed by atoms with Crippen molar-refractivity contribution in [1.82, 2.24) is 9.21 Å². The lowest BCUT2D eigenvalue weighted by Crippen LogP contribution is -2.33. The maximum atomic E-state index is 12.6. The molecule has 2 N–H and O–H groups in total. The van der Waals surface area contributed by atoms with Gasteiger partial charge in [-0.2, -0.15) is 0 Å². The zero-order chi connectivity index (χ0) is 14.9. The highest BCUT2D eigenvalue weighted by molar-refractivity contribution is 9.10. The minimum atomic E-state index is -3.48. The van der Waals surface area contributed by atoms with E-state index in [2.05, 4.69) is 27.9 Å². The van der Waals surface area contributed by atoms with Gasteiger partial charge in [0, 0.05) is 30.3 Å². The molecule has 1 aliphatic rings. The monoisotopic (exact) mass is 361 g/mol. The molecule has 1 unspecified atom stereocenters. The molecule has 1 atom stereocenters. The molecule has 0 spiro atoms. The average Bonchev–Trinajstić information content (AvgIpc) is 2.74. The SMILES string of the molecule is CN1CCC(CN(C)S(=O)(=O)c2ccc(N)cc2Br)C1. The van der Waals surface area contributed by atoms with Gasteiger partial charge in [-0.3, -0.25) is 0 Å². The Kier molecular flexibility index (Phi) is 4.73. The molecule has 20 heavy (non-hydrogen) atoms. The van der Waals surface area contributed by atoms with E-state index in [0.29, 0.717) is 22.6 Å². The van der Waals surface area contributed by atoms with Crippen LogP contribution in [-0.2, 0) is 10.0 Å². The molecule has 1 heterocycles. The van der Waals surface area contributed by atoms with E-state index in [-0.39, 0.29) is 4.90 Å². The molecular weight excluding hydrogens is 342 g/mol. The molecule has 1 aliphatic heterocycles. The summed E-state index contributed by atoms with van der Waals surface area (Å²) >= 11 is 3.28. The third-order valence-electron chi connectivity index (χ3n) is 3.65. The van der Waals surface area contributed by atoms with Crippen LogP contribution in [0.3, 0.4) is 0 Å². The van der Waals surface area contributed by atoms with E-state index < -0.39 is 10.0 Å².